The van der Waals surface area contributed by atoms with Crippen molar-refractivity contribution in [2.45, 2.75) is 17.8 Å². The number of aliphatic hydroxyl groups excluding tert-OH is 1. The molecule has 0 unspecified atom stereocenters. The number of hydrogen-bond acceptors (Lipinski definition) is 11. The maximum absolute atomic E-state index is 9.33. The number of aliphatic hydroxyl groups is 1. The SMILES string of the molecule is COc1cc2ncc3c(N)nc(-c4cncc(OC[C@H](N)CSc5ncc(CO)n5C)c4)cc3c2cc1OC. The molecule has 4 heterocycles. The molecule has 0 spiro atoms. The largest absolute Gasteiger partial charge is 0.493 e. The average Bonchev–Trinajstić information content (AvgIpc) is 3.33. The molecule has 39 heavy (non-hydrogen) atoms. The van der Waals surface area contributed by atoms with Gasteiger partial charge in [0.1, 0.15) is 18.2 Å². The lowest BCUT2D eigenvalue weighted by Gasteiger charge is -2.14. The fraction of sp³-hybridized carbons (Fsp3) is 0.259. The second-order valence-corrected chi connectivity index (χ2v) is 9.86. The molecule has 4 aromatic heterocycles. The fourth-order valence-corrected chi connectivity index (χ4v) is 5.08. The van der Waals surface area contributed by atoms with E-state index in [1.165, 1.54) is 11.8 Å². The third-order valence-corrected chi connectivity index (χ3v) is 7.55. The van der Waals surface area contributed by atoms with Crippen LogP contribution in [-0.4, -0.2) is 62.2 Å². The second kappa shape index (κ2) is 11.3. The van der Waals surface area contributed by atoms with Gasteiger partial charge in [0.15, 0.2) is 16.7 Å². The number of methoxy groups -OCH3 is 2. The molecule has 0 aliphatic rings. The molecule has 0 aliphatic carbocycles. The van der Waals surface area contributed by atoms with Crippen LogP contribution in [0.15, 0.2) is 54.2 Å². The van der Waals surface area contributed by atoms with E-state index in [1.54, 1.807) is 39.0 Å². The van der Waals surface area contributed by atoms with Crippen molar-refractivity contribution in [3.8, 4) is 28.5 Å². The molecule has 0 saturated carbocycles. The smallest absolute Gasteiger partial charge is 0.168 e. The van der Waals surface area contributed by atoms with Gasteiger partial charge in [0.25, 0.3) is 0 Å². The van der Waals surface area contributed by atoms with Gasteiger partial charge in [-0.3, -0.25) is 9.97 Å². The third kappa shape index (κ3) is 5.39. The first-order valence-corrected chi connectivity index (χ1v) is 13.1. The molecule has 12 heteroatoms. The van der Waals surface area contributed by atoms with E-state index in [9.17, 15) is 5.11 Å². The normalized spacial score (nSPS) is 12.1. The van der Waals surface area contributed by atoms with Crippen LogP contribution in [-0.2, 0) is 13.7 Å². The molecular weight excluding hydrogens is 518 g/mol. The van der Waals surface area contributed by atoms with Crippen LogP contribution in [0.25, 0.3) is 32.9 Å². The summed E-state index contributed by atoms with van der Waals surface area (Å²) in [7, 11) is 5.05. The highest BCUT2D eigenvalue weighted by molar-refractivity contribution is 7.99. The molecule has 0 aliphatic heterocycles. The number of nitrogens with two attached hydrogens (primary N) is 2. The van der Waals surface area contributed by atoms with Crippen molar-refractivity contribution in [2.75, 3.05) is 32.3 Å². The fourth-order valence-electron chi connectivity index (χ4n) is 4.18. The first-order valence-electron chi connectivity index (χ1n) is 12.1. The van der Waals surface area contributed by atoms with Crippen LogP contribution in [0.2, 0.25) is 0 Å². The number of hydrogen-bond donors (Lipinski definition) is 3. The lowest BCUT2D eigenvalue weighted by atomic mass is 10.0. The highest BCUT2D eigenvalue weighted by Crippen LogP contribution is 2.37. The van der Waals surface area contributed by atoms with E-state index in [0.717, 1.165) is 38.1 Å². The Morgan fingerprint density at radius 1 is 0.974 bits per heavy atom. The van der Waals surface area contributed by atoms with Crippen LogP contribution in [0.4, 0.5) is 5.82 Å². The van der Waals surface area contributed by atoms with Crippen molar-refractivity contribution in [3.63, 3.8) is 0 Å². The number of pyridine rings is 3. The van der Waals surface area contributed by atoms with Gasteiger partial charge in [-0.1, -0.05) is 11.8 Å². The standard InChI is InChI=1S/C27H29N7O4S/c1-34-17(12-35)9-32-27(34)39-14-16(28)13-38-18-4-15(8-30-10-18)22-5-19-20-6-24(36-2)25(37-3)7-23(20)31-11-21(19)26(29)33-22/h4-11,16,35H,12-14,28H2,1-3H3,(H2,29,33)/t16-/m0/s1. The number of imidazole rings is 1. The van der Waals surface area contributed by atoms with Crippen LogP contribution in [0.5, 0.6) is 17.2 Å². The maximum Gasteiger partial charge on any atom is 0.168 e. The second-order valence-electron chi connectivity index (χ2n) is 8.88. The maximum atomic E-state index is 9.33. The molecule has 0 radical (unpaired) electrons. The average molecular weight is 548 g/mol. The highest BCUT2D eigenvalue weighted by Gasteiger charge is 2.15. The number of ether oxygens (including phenoxy) is 3. The summed E-state index contributed by atoms with van der Waals surface area (Å²) >= 11 is 1.51. The minimum atomic E-state index is -0.242. The zero-order valence-corrected chi connectivity index (χ0v) is 22.6. The molecule has 0 bridgehead atoms. The Kier molecular flexibility index (Phi) is 7.68. The first kappa shape index (κ1) is 26.5. The number of nitrogens with zero attached hydrogens (tertiary/aromatic N) is 5. The summed E-state index contributed by atoms with van der Waals surface area (Å²) in [6.45, 7) is 0.233. The van der Waals surface area contributed by atoms with Gasteiger partial charge in [-0.05, 0) is 23.6 Å². The van der Waals surface area contributed by atoms with Gasteiger partial charge >= 0.3 is 0 Å². The van der Waals surface area contributed by atoms with Crippen molar-refractivity contribution in [2.24, 2.45) is 12.8 Å². The van der Waals surface area contributed by atoms with Crippen LogP contribution in [0, 0.1) is 0 Å². The molecule has 0 saturated heterocycles. The van der Waals surface area contributed by atoms with Crippen LogP contribution in [0.1, 0.15) is 5.69 Å². The molecule has 5 rings (SSSR count). The van der Waals surface area contributed by atoms with Crippen LogP contribution >= 0.6 is 11.8 Å². The zero-order valence-electron chi connectivity index (χ0n) is 21.8. The predicted molar refractivity (Wildman–Crippen MR) is 151 cm³/mol. The van der Waals surface area contributed by atoms with E-state index in [0.29, 0.717) is 41.1 Å². The van der Waals surface area contributed by atoms with Crippen molar-refractivity contribution >= 4 is 39.3 Å². The highest BCUT2D eigenvalue weighted by atomic mass is 32.2. The van der Waals surface area contributed by atoms with E-state index < -0.39 is 0 Å². The van der Waals surface area contributed by atoms with Crippen molar-refractivity contribution in [1.29, 1.82) is 0 Å². The van der Waals surface area contributed by atoms with E-state index in [-0.39, 0.29) is 12.6 Å². The van der Waals surface area contributed by atoms with Crippen LogP contribution < -0.4 is 25.7 Å². The minimum Gasteiger partial charge on any atom is -0.493 e. The van der Waals surface area contributed by atoms with Crippen molar-refractivity contribution < 1.29 is 19.3 Å². The minimum absolute atomic E-state index is 0.0592. The van der Waals surface area contributed by atoms with Crippen molar-refractivity contribution in [1.82, 2.24) is 24.5 Å². The van der Waals surface area contributed by atoms with Gasteiger partial charge in [0.05, 0.1) is 50.1 Å². The summed E-state index contributed by atoms with van der Waals surface area (Å²) in [5, 5.41) is 12.6. The molecule has 5 N–H and O–H groups in total. The summed E-state index contributed by atoms with van der Waals surface area (Å²) in [6, 6.07) is 7.30. The lowest BCUT2D eigenvalue weighted by Crippen LogP contribution is -2.30. The monoisotopic (exact) mass is 547 g/mol. The molecule has 5 aromatic rings. The number of rotatable bonds is 10. The molecule has 0 amide bonds. The third-order valence-electron chi connectivity index (χ3n) is 6.32. The predicted octanol–water partition coefficient (Wildman–Crippen LogP) is 3.17. The van der Waals surface area contributed by atoms with Gasteiger partial charge in [-0.15, -0.1) is 0 Å². The number of fused-ring (bicyclic) bond motifs is 3. The van der Waals surface area contributed by atoms with Gasteiger partial charge in [-0.25, -0.2) is 9.97 Å². The summed E-state index contributed by atoms with van der Waals surface area (Å²) in [4.78, 5) is 17.8. The summed E-state index contributed by atoms with van der Waals surface area (Å²) in [5.74, 6) is 2.72. The zero-order chi connectivity index (χ0) is 27.5. The number of aromatic nitrogens is 5. The summed E-state index contributed by atoms with van der Waals surface area (Å²) in [6.07, 6.45) is 6.71. The molecule has 0 fully saturated rings. The Bertz CT molecular complexity index is 1640. The van der Waals surface area contributed by atoms with E-state index in [1.807, 2.05) is 35.9 Å². The molecule has 1 atom stereocenters. The number of thioether (sulfide) groups is 1. The van der Waals surface area contributed by atoms with E-state index in [4.69, 9.17) is 25.7 Å². The molecule has 202 valence electrons. The topological polar surface area (TPSA) is 156 Å². The van der Waals surface area contributed by atoms with Crippen LogP contribution in [0.3, 0.4) is 0 Å². The Labute approximate surface area is 229 Å². The quantitative estimate of drug-likeness (QED) is 0.174. The molecular formula is C27H29N7O4S. The Hall–Kier alpha value is -4.13. The molecule has 11 nitrogen and oxygen atoms in total. The van der Waals surface area contributed by atoms with Gasteiger partial charge in [0.2, 0.25) is 0 Å². The van der Waals surface area contributed by atoms with E-state index >= 15 is 0 Å². The van der Waals surface area contributed by atoms with Gasteiger partial charge < -0.3 is 35.4 Å². The Morgan fingerprint density at radius 3 is 2.51 bits per heavy atom. The summed E-state index contributed by atoms with van der Waals surface area (Å²) < 4.78 is 18.7. The Morgan fingerprint density at radius 2 is 1.77 bits per heavy atom. The number of nitrogen functional groups attached to an aromatic ring is 1. The summed E-state index contributed by atoms with van der Waals surface area (Å²) in [5.41, 5.74) is 15.5. The van der Waals surface area contributed by atoms with Gasteiger partial charge in [-0.2, -0.15) is 0 Å². The lowest BCUT2D eigenvalue weighted by molar-refractivity contribution is 0.271. The van der Waals surface area contributed by atoms with Gasteiger partial charge in [0, 0.05) is 53.6 Å². The van der Waals surface area contributed by atoms with E-state index in [2.05, 4.69) is 19.9 Å². The van der Waals surface area contributed by atoms with Crippen molar-refractivity contribution in [3.05, 3.63) is 54.7 Å². The number of benzene rings is 1. The molecule has 1 aromatic carbocycles. The Balaban J connectivity index is 1.36. The number of anilines is 1. The first-order chi connectivity index (χ1) is 18.9.